The van der Waals surface area contributed by atoms with Gasteiger partial charge in [-0.05, 0) is 72.1 Å². The molecule has 8 amide bonds. The molecule has 0 bridgehead atoms. The van der Waals surface area contributed by atoms with Crippen molar-refractivity contribution >= 4 is 64.1 Å². The van der Waals surface area contributed by atoms with Crippen LogP contribution in [0.2, 0.25) is 0 Å². The molecule has 1 aromatic heterocycles. The van der Waals surface area contributed by atoms with Crippen LogP contribution in [0.25, 0.3) is 10.9 Å². The van der Waals surface area contributed by atoms with Crippen LogP contribution >= 0.6 is 0 Å². The Morgan fingerprint density at radius 1 is 0.487 bits per heavy atom. The van der Waals surface area contributed by atoms with Crippen LogP contribution in [0.5, 0.6) is 0 Å². The number of carbonyl (C=O) groups is 9. The molecule has 0 spiro atoms. The number of aliphatic hydroxyl groups is 1. The van der Waals surface area contributed by atoms with Crippen molar-refractivity contribution in [2.75, 3.05) is 13.2 Å². The van der Waals surface area contributed by atoms with Crippen LogP contribution in [0.4, 0.5) is 0 Å². The third-order valence-electron chi connectivity index (χ3n) is 12.8. The number of nitrogens with two attached hydrogens (primary N) is 1. The molecule has 3 aromatic carbocycles. The molecular weight excluding hydrogens is 1000 g/mol. The molecule has 0 aliphatic rings. The van der Waals surface area contributed by atoms with E-state index in [2.05, 4.69) is 47.5 Å². The number of aromatic nitrogens is 1. The number of fused-ring (bicyclic) bond motifs is 1. The lowest BCUT2D eigenvalue weighted by Gasteiger charge is -2.28. The van der Waals surface area contributed by atoms with Gasteiger partial charge in [0.25, 0.3) is 0 Å². The van der Waals surface area contributed by atoms with Gasteiger partial charge in [0.1, 0.15) is 42.3 Å². The average molecular weight is 1080 g/mol. The lowest BCUT2D eigenvalue weighted by atomic mass is 9.98. The van der Waals surface area contributed by atoms with E-state index in [1.807, 2.05) is 82.3 Å². The number of hydrogen-bond acceptors (Lipinski definition) is 11. The Balaban J connectivity index is 1.47. The van der Waals surface area contributed by atoms with Gasteiger partial charge in [-0.25, -0.2) is 4.79 Å². The number of hydrogen-bond donors (Lipinski definition) is 12. The van der Waals surface area contributed by atoms with Gasteiger partial charge in [0, 0.05) is 29.9 Å². The summed E-state index contributed by atoms with van der Waals surface area (Å²) in [5, 5.41) is 42.0. The van der Waals surface area contributed by atoms with Crippen LogP contribution in [-0.2, 0) is 62.4 Å². The van der Waals surface area contributed by atoms with E-state index in [1.165, 1.54) is 0 Å². The van der Waals surface area contributed by atoms with Gasteiger partial charge in [-0.2, -0.15) is 0 Å². The molecular formula is C57H80N10O11. The first-order valence-electron chi connectivity index (χ1n) is 26.6. The van der Waals surface area contributed by atoms with E-state index in [4.69, 9.17) is 5.73 Å². The van der Waals surface area contributed by atoms with Gasteiger partial charge < -0.3 is 63.5 Å². The van der Waals surface area contributed by atoms with Crippen molar-refractivity contribution in [2.45, 2.75) is 142 Å². The maximum Gasteiger partial charge on any atom is 0.326 e. The van der Waals surface area contributed by atoms with Gasteiger partial charge in [-0.1, -0.05) is 134 Å². The number of para-hydroxylation sites is 1. The van der Waals surface area contributed by atoms with Crippen molar-refractivity contribution in [3.8, 4) is 0 Å². The number of rotatable bonds is 31. The molecule has 0 saturated heterocycles. The van der Waals surface area contributed by atoms with E-state index < -0.39 is 121 Å². The standard InChI is InChI=1S/C57H80N10O11/c1-32(2)23-42(51(71)60-30-48(69)61-46(55(75)67-49(35(7)8)57(77)78)28-38-29-59-41-22-16-15-21-39(38)41)63-56(76)47(31-68)66-54(74)45(27-37-19-13-10-14-20-37)65-53(73)44(25-34(5)6)64-52(72)43(24-33(3)4)62-50(70)40(58)26-36-17-11-9-12-18-36/h9-22,29,32-35,40,42-47,49,59,68H,23-28,30-31,58H2,1-8H3,(H,60,71)(H,61,69)(H,62,70)(H,63,76)(H,64,72)(H,65,73)(H,66,74)(H,67,75)(H,77,78)/t40-,42-,43-,44-,45-,46-,47-,49-/m0/s1. The summed E-state index contributed by atoms with van der Waals surface area (Å²) in [6.45, 7) is 12.7. The van der Waals surface area contributed by atoms with Crippen LogP contribution in [-0.4, -0.2) is 130 Å². The molecule has 0 aliphatic heterocycles. The second kappa shape index (κ2) is 30.9. The molecule has 8 atom stereocenters. The van der Waals surface area contributed by atoms with E-state index in [-0.39, 0.29) is 56.3 Å². The number of carbonyl (C=O) groups excluding carboxylic acids is 8. The fourth-order valence-electron chi connectivity index (χ4n) is 8.72. The normalized spacial score (nSPS) is 14.5. The SMILES string of the molecule is CC(C)C[C@H](NC(=O)[C@H](CO)NC(=O)[C@H](Cc1ccccc1)NC(=O)[C@H](CC(C)C)NC(=O)[C@H](CC(C)C)NC(=O)[C@@H](N)Cc1ccccc1)C(=O)NCC(=O)N[C@@H](Cc1c[nH]c2ccccc12)C(=O)N[C@H](C(=O)O)C(C)C. The van der Waals surface area contributed by atoms with Crippen LogP contribution in [0.15, 0.2) is 91.1 Å². The fourth-order valence-corrected chi connectivity index (χ4v) is 8.72. The smallest absolute Gasteiger partial charge is 0.326 e. The van der Waals surface area contributed by atoms with Crippen molar-refractivity contribution in [1.29, 1.82) is 0 Å². The molecule has 424 valence electrons. The number of nitrogens with one attached hydrogen (secondary N) is 9. The Morgan fingerprint density at radius 2 is 0.910 bits per heavy atom. The molecule has 0 unspecified atom stereocenters. The molecule has 0 saturated carbocycles. The number of carboxylic acid groups (broad SMARTS) is 1. The first kappa shape index (κ1) is 62.9. The van der Waals surface area contributed by atoms with Gasteiger partial charge in [0.2, 0.25) is 47.3 Å². The number of benzene rings is 3. The van der Waals surface area contributed by atoms with E-state index in [0.717, 1.165) is 16.5 Å². The second-order valence-electron chi connectivity index (χ2n) is 21.3. The average Bonchev–Trinajstić information content (AvgIpc) is 3.80. The van der Waals surface area contributed by atoms with Crippen molar-refractivity contribution in [3.63, 3.8) is 0 Å². The molecule has 4 rings (SSSR count). The summed E-state index contributed by atoms with van der Waals surface area (Å²) >= 11 is 0. The highest BCUT2D eigenvalue weighted by atomic mass is 16.4. The van der Waals surface area contributed by atoms with Crippen LogP contribution in [0.3, 0.4) is 0 Å². The highest BCUT2D eigenvalue weighted by Crippen LogP contribution is 2.20. The summed E-state index contributed by atoms with van der Waals surface area (Å²) in [6.07, 6.45) is 2.24. The summed E-state index contributed by atoms with van der Waals surface area (Å²) in [4.78, 5) is 126. The van der Waals surface area contributed by atoms with Gasteiger partial charge in [0.05, 0.1) is 19.2 Å². The summed E-state index contributed by atoms with van der Waals surface area (Å²) in [6, 6.07) is 15.2. The summed E-state index contributed by atoms with van der Waals surface area (Å²) in [7, 11) is 0. The molecule has 0 fully saturated rings. The van der Waals surface area contributed by atoms with E-state index in [0.29, 0.717) is 11.1 Å². The van der Waals surface area contributed by atoms with Gasteiger partial charge in [-0.3, -0.25) is 38.4 Å². The molecule has 21 heteroatoms. The topological polar surface area (TPSA) is 332 Å². The summed E-state index contributed by atoms with van der Waals surface area (Å²) < 4.78 is 0. The monoisotopic (exact) mass is 1080 g/mol. The molecule has 13 N–H and O–H groups in total. The molecule has 0 radical (unpaired) electrons. The third kappa shape index (κ3) is 20.4. The Morgan fingerprint density at radius 3 is 1.42 bits per heavy atom. The van der Waals surface area contributed by atoms with Crippen molar-refractivity contribution in [3.05, 3.63) is 108 Å². The van der Waals surface area contributed by atoms with Crippen LogP contribution in [0.1, 0.15) is 91.3 Å². The zero-order chi connectivity index (χ0) is 57.6. The minimum Gasteiger partial charge on any atom is -0.480 e. The lowest BCUT2D eigenvalue weighted by Crippen LogP contribution is -2.61. The predicted octanol–water partition coefficient (Wildman–Crippen LogP) is 1.90. The number of carboxylic acids is 1. The number of aliphatic hydroxyl groups excluding tert-OH is 1. The zero-order valence-corrected chi connectivity index (χ0v) is 45.9. The van der Waals surface area contributed by atoms with Crippen LogP contribution in [0, 0.1) is 23.7 Å². The predicted molar refractivity (Wildman–Crippen MR) is 295 cm³/mol. The minimum atomic E-state index is -1.64. The van der Waals surface area contributed by atoms with E-state index in [9.17, 15) is 53.4 Å². The zero-order valence-electron chi connectivity index (χ0n) is 45.9. The third-order valence-corrected chi connectivity index (χ3v) is 12.8. The largest absolute Gasteiger partial charge is 0.480 e. The fraction of sp³-hybridized carbons (Fsp3) is 0.491. The van der Waals surface area contributed by atoms with Gasteiger partial charge in [0.15, 0.2) is 0 Å². The van der Waals surface area contributed by atoms with Gasteiger partial charge >= 0.3 is 5.97 Å². The van der Waals surface area contributed by atoms with Gasteiger partial charge in [-0.15, -0.1) is 0 Å². The van der Waals surface area contributed by atoms with Crippen molar-refractivity contribution in [2.24, 2.45) is 29.4 Å². The number of aliphatic carboxylic acids is 1. The molecule has 4 aromatic rings. The van der Waals surface area contributed by atoms with Crippen LogP contribution < -0.4 is 48.3 Å². The maximum absolute atomic E-state index is 14.3. The Kier molecular flexibility index (Phi) is 24.9. The number of H-pyrrole nitrogens is 1. The molecule has 78 heavy (non-hydrogen) atoms. The van der Waals surface area contributed by atoms with Crippen molar-refractivity contribution in [1.82, 2.24) is 47.5 Å². The number of aromatic amines is 1. The van der Waals surface area contributed by atoms with E-state index in [1.54, 1.807) is 64.2 Å². The highest BCUT2D eigenvalue weighted by molar-refractivity contribution is 5.98. The Bertz CT molecular complexity index is 2640. The van der Waals surface area contributed by atoms with Crippen molar-refractivity contribution < 1.29 is 53.4 Å². The maximum atomic E-state index is 14.3. The Hall–Kier alpha value is -7.65. The Labute approximate surface area is 456 Å². The first-order valence-corrected chi connectivity index (χ1v) is 26.6. The molecule has 0 aliphatic carbocycles. The highest BCUT2D eigenvalue weighted by Gasteiger charge is 2.35. The molecule has 1 heterocycles. The summed E-state index contributed by atoms with van der Waals surface area (Å²) in [5.74, 6) is -8.18. The second-order valence-corrected chi connectivity index (χ2v) is 21.3. The lowest BCUT2D eigenvalue weighted by molar-refractivity contribution is -0.143. The molecule has 21 nitrogen and oxygen atoms in total. The summed E-state index contributed by atoms with van der Waals surface area (Å²) in [5.41, 5.74) is 9.17. The first-order chi connectivity index (χ1) is 36.9. The quantitative estimate of drug-likeness (QED) is 0.0344. The number of amides is 8. The minimum absolute atomic E-state index is 0.0306. The van der Waals surface area contributed by atoms with E-state index >= 15 is 0 Å².